The van der Waals surface area contributed by atoms with Crippen molar-refractivity contribution >= 4 is 6.41 Å². The van der Waals surface area contributed by atoms with E-state index in [1.807, 2.05) is 47.6 Å². The molecule has 1 N–H and O–H groups in total. The van der Waals surface area contributed by atoms with Crippen molar-refractivity contribution < 1.29 is 4.79 Å². The molecule has 96 valence electrons. The van der Waals surface area contributed by atoms with Gasteiger partial charge in [-0.05, 0) is 12.0 Å². The van der Waals surface area contributed by atoms with Gasteiger partial charge in [-0.15, -0.1) is 0 Å². The third kappa shape index (κ3) is 3.80. The highest BCUT2D eigenvalue weighted by molar-refractivity contribution is 5.47. The molecule has 0 aliphatic carbocycles. The highest BCUT2D eigenvalue weighted by Gasteiger charge is 2.06. The van der Waals surface area contributed by atoms with Gasteiger partial charge in [0.2, 0.25) is 6.41 Å². The smallest absolute Gasteiger partial charge is 0.210 e. The first kappa shape index (κ1) is 12.5. The van der Waals surface area contributed by atoms with Crippen LogP contribution in [0.1, 0.15) is 12.0 Å². The normalized spacial score (nSPS) is 13.4. The average Bonchev–Trinajstić information content (AvgIpc) is 2.92. The Balaban J connectivity index is 1.72. The maximum Gasteiger partial charge on any atom is 0.210 e. The molecule has 0 atom stereocenters. The maximum atomic E-state index is 11.0. The number of nitrogens with one attached hydrogen (secondary N) is 1. The van der Waals surface area contributed by atoms with Crippen LogP contribution < -0.4 is 5.32 Å². The minimum absolute atomic E-state index is 0.693. The van der Waals surface area contributed by atoms with Gasteiger partial charge in [-0.3, -0.25) is 4.79 Å². The number of carbonyl (C=O) groups excluding carboxylic acids is 1. The van der Waals surface area contributed by atoms with Crippen molar-refractivity contribution in [1.29, 1.82) is 0 Å². The van der Waals surface area contributed by atoms with Crippen molar-refractivity contribution in [2.24, 2.45) is 0 Å². The molecule has 0 unspecified atom stereocenters. The number of carbonyl (C=O) groups is 1. The van der Waals surface area contributed by atoms with Crippen LogP contribution in [0.2, 0.25) is 0 Å². The second kappa shape index (κ2) is 6.69. The minimum Gasteiger partial charge on any atom is -0.373 e. The van der Waals surface area contributed by atoms with Crippen molar-refractivity contribution in [3.8, 4) is 0 Å². The molecule has 0 saturated heterocycles. The molecule has 0 saturated carbocycles. The molecule has 1 aliphatic rings. The van der Waals surface area contributed by atoms with Crippen LogP contribution in [0, 0.1) is 0 Å². The van der Waals surface area contributed by atoms with Crippen molar-refractivity contribution in [2.75, 3.05) is 19.8 Å². The van der Waals surface area contributed by atoms with E-state index in [0.717, 1.165) is 32.6 Å². The molecule has 1 aromatic carbocycles. The Morgan fingerprint density at radius 2 is 2.17 bits per heavy atom. The minimum atomic E-state index is 0.693. The fraction of sp³-hybridized carbons (Fsp3) is 0.357. The molecule has 0 spiro atoms. The van der Waals surface area contributed by atoms with Gasteiger partial charge in [-0.2, -0.15) is 0 Å². The number of amides is 1. The Bertz CT molecular complexity index is 391. The summed E-state index contributed by atoms with van der Waals surface area (Å²) in [6.07, 6.45) is 5.91. The van der Waals surface area contributed by atoms with E-state index >= 15 is 0 Å². The first-order valence-corrected chi connectivity index (χ1v) is 6.26. The van der Waals surface area contributed by atoms with Crippen LogP contribution in [0.25, 0.3) is 0 Å². The highest BCUT2D eigenvalue weighted by Crippen LogP contribution is 2.04. The van der Waals surface area contributed by atoms with E-state index in [1.165, 1.54) is 5.56 Å². The summed E-state index contributed by atoms with van der Waals surface area (Å²) in [5.41, 5.74) is 1.17. The zero-order chi connectivity index (χ0) is 12.6. The molecular weight excluding hydrogens is 226 g/mol. The fourth-order valence-corrected chi connectivity index (χ4v) is 2.00. The fourth-order valence-electron chi connectivity index (χ4n) is 2.00. The van der Waals surface area contributed by atoms with E-state index in [0.29, 0.717) is 6.54 Å². The molecule has 1 heterocycles. The summed E-state index contributed by atoms with van der Waals surface area (Å²) in [5, 5.41) is 3.13. The van der Waals surface area contributed by atoms with Crippen LogP contribution in [0.15, 0.2) is 42.7 Å². The molecule has 1 aliphatic heterocycles. The molecule has 2 rings (SSSR count). The Kier molecular flexibility index (Phi) is 4.64. The molecular formula is C14H19N3O. The van der Waals surface area contributed by atoms with Crippen LogP contribution in [0.4, 0.5) is 0 Å². The maximum absolute atomic E-state index is 11.0. The van der Waals surface area contributed by atoms with Gasteiger partial charge in [0.15, 0.2) is 0 Å². The highest BCUT2D eigenvalue weighted by atomic mass is 16.1. The molecule has 4 heteroatoms. The number of hydrogen-bond acceptors (Lipinski definition) is 3. The first-order valence-electron chi connectivity index (χ1n) is 6.26. The number of benzene rings is 1. The van der Waals surface area contributed by atoms with Crippen molar-refractivity contribution in [1.82, 2.24) is 15.1 Å². The molecule has 0 fully saturated rings. The SMILES string of the molecule is O=CN(CCCN1C=CNC1)Cc1ccccc1. The van der Waals surface area contributed by atoms with Gasteiger partial charge in [0, 0.05) is 32.0 Å². The van der Waals surface area contributed by atoms with E-state index in [9.17, 15) is 4.79 Å². The van der Waals surface area contributed by atoms with Gasteiger partial charge in [-0.25, -0.2) is 0 Å². The third-order valence-corrected chi connectivity index (χ3v) is 2.97. The van der Waals surface area contributed by atoms with Gasteiger partial charge in [0.05, 0.1) is 6.67 Å². The summed E-state index contributed by atoms with van der Waals surface area (Å²) < 4.78 is 0. The van der Waals surface area contributed by atoms with E-state index < -0.39 is 0 Å². The molecule has 0 radical (unpaired) electrons. The molecule has 1 aromatic rings. The molecule has 1 amide bonds. The molecule has 0 aromatic heterocycles. The van der Waals surface area contributed by atoms with Crippen molar-refractivity contribution in [3.63, 3.8) is 0 Å². The predicted molar refractivity (Wildman–Crippen MR) is 71.4 cm³/mol. The number of rotatable bonds is 7. The topological polar surface area (TPSA) is 35.6 Å². The van der Waals surface area contributed by atoms with Gasteiger partial charge >= 0.3 is 0 Å². The van der Waals surface area contributed by atoms with Crippen LogP contribution in [0.5, 0.6) is 0 Å². The lowest BCUT2D eigenvalue weighted by Gasteiger charge is -2.20. The Morgan fingerprint density at radius 1 is 1.33 bits per heavy atom. The number of nitrogens with zero attached hydrogens (tertiary/aromatic N) is 2. The van der Waals surface area contributed by atoms with Gasteiger partial charge in [0.1, 0.15) is 0 Å². The number of hydrogen-bond donors (Lipinski definition) is 1. The predicted octanol–water partition coefficient (Wildman–Crippen LogP) is 1.37. The largest absolute Gasteiger partial charge is 0.373 e. The van der Waals surface area contributed by atoms with Crippen molar-refractivity contribution in [3.05, 3.63) is 48.3 Å². The second-order valence-corrected chi connectivity index (χ2v) is 4.41. The average molecular weight is 245 g/mol. The van der Waals surface area contributed by atoms with Crippen molar-refractivity contribution in [2.45, 2.75) is 13.0 Å². The summed E-state index contributed by atoms with van der Waals surface area (Å²) in [4.78, 5) is 15.0. The summed E-state index contributed by atoms with van der Waals surface area (Å²) in [6, 6.07) is 10.1. The third-order valence-electron chi connectivity index (χ3n) is 2.97. The summed E-state index contributed by atoms with van der Waals surface area (Å²) in [6.45, 7) is 3.34. The summed E-state index contributed by atoms with van der Waals surface area (Å²) >= 11 is 0. The monoisotopic (exact) mass is 245 g/mol. The van der Waals surface area contributed by atoms with Gasteiger partial charge in [0.25, 0.3) is 0 Å². The second-order valence-electron chi connectivity index (χ2n) is 4.41. The Labute approximate surface area is 108 Å². The van der Waals surface area contributed by atoms with E-state index in [4.69, 9.17) is 0 Å². The first-order chi connectivity index (χ1) is 8.88. The lowest BCUT2D eigenvalue weighted by Crippen LogP contribution is -2.27. The quantitative estimate of drug-likeness (QED) is 0.737. The Morgan fingerprint density at radius 3 is 2.83 bits per heavy atom. The van der Waals surface area contributed by atoms with E-state index in [2.05, 4.69) is 10.2 Å². The summed E-state index contributed by atoms with van der Waals surface area (Å²) in [5.74, 6) is 0. The van der Waals surface area contributed by atoms with Crippen LogP contribution >= 0.6 is 0 Å². The molecule has 0 bridgehead atoms. The van der Waals surface area contributed by atoms with Gasteiger partial charge in [-0.1, -0.05) is 30.3 Å². The standard InChI is InChI=1S/C14H19N3O/c18-13-17(11-14-5-2-1-3-6-14)9-4-8-16-10-7-15-12-16/h1-3,5-7,10,13,15H,4,8-9,11-12H2. The molecule has 4 nitrogen and oxygen atoms in total. The lowest BCUT2D eigenvalue weighted by molar-refractivity contribution is -0.118. The summed E-state index contributed by atoms with van der Waals surface area (Å²) in [7, 11) is 0. The lowest BCUT2D eigenvalue weighted by atomic mass is 10.2. The van der Waals surface area contributed by atoms with E-state index in [-0.39, 0.29) is 0 Å². The van der Waals surface area contributed by atoms with Gasteiger partial charge < -0.3 is 15.1 Å². The van der Waals surface area contributed by atoms with Crippen LogP contribution in [0.3, 0.4) is 0 Å². The zero-order valence-electron chi connectivity index (χ0n) is 10.5. The zero-order valence-corrected chi connectivity index (χ0v) is 10.5. The van der Waals surface area contributed by atoms with E-state index in [1.54, 1.807) is 0 Å². The Hall–Kier alpha value is -1.97. The molecule has 18 heavy (non-hydrogen) atoms. The van der Waals surface area contributed by atoms with Crippen LogP contribution in [-0.2, 0) is 11.3 Å². The van der Waals surface area contributed by atoms with Crippen LogP contribution in [-0.4, -0.2) is 36.0 Å².